The number of rotatable bonds is 10. The summed E-state index contributed by atoms with van der Waals surface area (Å²) in [5.41, 5.74) is 0.573. The van der Waals surface area contributed by atoms with Crippen molar-refractivity contribution in [2.45, 2.75) is 33.3 Å². The zero-order valence-electron chi connectivity index (χ0n) is 15.4. The highest BCUT2D eigenvalue weighted by Gasteiger charge is 2.18. The molecule has 1 aromatic rings. The molecular weight excluding hydrogens is 338 g/mol. The molecule has 0 saturated heterocycles. The van der Waals surface area contributed by atoms with Crippen molar-refractivity contribution >= 4 is 23.5 Å². The number of nitrogens with one attached hydrogen (secondary N) is 1. The van der Waals surface area contributed by atoms with Crippen LogP contribution < -0.4 is 5.32 Å². The number of hydrogen-bond acceptors (Lipinski definition) is 6. The molecule has 0 spiro atoms. The highest BCUT2D eigenvalue weighted by atomic mass is 16.5. The molecule has 7 nitrogen and oxygen atoms in total. The average molecular weight is 363 g/mol. The molecule has 7 heteroatoms. The summed E-state index contributed by atoms with van der Waals surface area (Å²) in [6.07, 6.45) is 1.62. The van der Waals surface area contributed by atoms with Crippen LogP contribution in [-0.4, -0.2) is 43.8 Å². The average Bonchev–Trinajstić information content (AvgIpc) is 2.61. The lowest BCUT2D eigenvalue weighted by atomic mass is 10.1. The third kappa shape index (κ3) is 6.68. The lowest BCUT2D eigenvalue weighted by molar-refractivity contribution is -0.126. The van der Waals surface area contributed by atoms with E-state index in [1.165, 1.54) is 18.2 Å². The number of benzene rings is 1. The zero-order valence-corrected chi connectivity index (χ0v) is 15.4. The number of hydrogen-bond donors (Lipinski definition) is 1. The van der Waals surface area contributed by atoms with Gasteiger partial charge in [0.05, 0.1) is 30.9 Å². The Bertz CT molecular complexity index is 619. The van der Waals surface area contributed by atoms with Gasteiger partial charge >= 0.3 is 11.9 Å². The van der Waals surface area contributed by atoms with Crippen molar-refractivity contribution in [1.82, 2.24) is 0 Å². The second-order valence-corrected chi connectivity index (χ2v) is 5.32. The van der Waals surface area contributed by atoms with Crippen molar-refractivity contribution in [3.05, 3.63) is 42.0 Å². The van der Waals surface area contributed by atoms with Gasteiger partial charge in [0.25, 0.3) is 5.91 Å². The van der Waals surface area contributed by atoms with Crippen molar-refractivity contribution in [3.8, 4) is 0 Å². The van der Waals surface area contributed by atoms with Gasteiger partial charge in [-0.3, -0.25) is 4.79 Å². The fourth-order valence-electron chi connectivity index (χ4n) is 2.01. The first-order valence-corrected chi connectivity index (χ1v) is 8.45. The number of carbonyl (C=O) groups is 3. The first-order chi connectivity index (χ1) is 12.4. The van der Waals surface area contributed by atoms with Crippen LogP contribution in [0, 0.1) is 0 Å². The van der Waals surface area contributed by atoms with E-state index in [2.05, 4.69) is 11.9 Å². The second-order valence-electron chi connectivity index (χ2n) is 5.32. The lowest BCUT2D eigenvalue weighted by Gasteiger charge is -2.14. The van der Waals surface area contributed by atoms with Crippen LogP contribution in [0.4, 0.5) is 5.69 Å². The van der Waals surface area contributed by atoms with Gasteiger partial charge in [0, 0.05) is 5.69 Å². The molecule has 0 radical (unpaired) electrons. The molecule has 0 fully saturated rings. The van der Waals surface area contributed by atoms with Gasteiger partial charge in [0.2, 0.25) is 0 Å². The highest BCUT2D eigenvalue weighted by Crippen LogP contribution is 2.18. The number of esters is 2. The van der Waals surface area contributed by atoms with Gasteiger partial charge < -0.3 is 19.5 Å². The maximum absolute atomic E-state index is 12.2. The molecule has 0 aromatic heterocycles. The van der Waals surface area contributed by atoms with Crippen LogP contribution in [-0.2, 0) is 19.0 Å². The summed E-state index contributed by atoms with van der Waals surface area (Å²) in [6.45, 7) is 9.31. The third-order valence-corrected chi connectivity index (χ3v) is 3.28. The van der Waals surface area contributed by atoms with E-state index < -0.39 is 23.9 Å². The van der Waals surface area contributed by atoms with Crippen LogP contribution in [0.3, 0.4) is 0 Å². The van der Waals surface area contributed by atoms with Crippen LogP contribution in [0.25, 0.3) is 0 Å². The van der Waals surface area contributed by atoms with E-state index >= 15 is 0 Å². The Morgan fingerprint density at radius 2 is 1.62 bits per heavy atom. The fourth-order valence-corrected chi connectivity index (χ4v) is 2.01. The summed E-state index contributed by atoms with van der Waals surface area (Å²) in [6, 6.07) is 4.25. The first kappa shape index (κ1) is 21.4. The molecule has 1 N–H and O–H groups in total. The van der Waals surface area contributed by atoms with Crippen molar-refractivity contribution in [2.75, 3.05) is 25.1 Å². The Kier molecular flexibility index (Phi) is 9.08. The molecule has 26 heavy (non-hydrogen) atoms. The van der Waals surface area contributed by atoms with E-state index in [9.17, 15) is 14.4 Å². The van der Waals surface area contributed by atoms with Gasteiger partial charge in [-0.1, -0.05) is 6.08 Å². The minimum Gasteiger partial charge on any atom is -0.462 e. The predicted molar refractivity (Wildman–Crippen MR) is 97.2 cm³/mol. The topological polar surface area (TPSA) is 90.9 Å². The Morgan fingerprint density at radius 3 is 2.08 bits per heavy atom. The largest absolute Gasteiger partial charge is 0.462 e. The molecule has 1 amide bonds. The molecule has 1 rings (SSSR count). The minimum absolute atomic E-state index is 0.146. The zero-order chi connectivity index (χ0) is 19.5. The molecule has 0 heterocycles. The van der Waals surface area contributed by atoms with Gasteiger partial charge in [-0.2, -0.15) is 0 Å². The number of anilines is 1. The molecule has 0 saturated carbocycles. The van der Waals surface area contributed by atoms with E-state index in [4.69, 9.17) is 14.2 Å². The van der Waals surface area contributed by atoms with Gasteiger partial charge in [-0.25, -0.2) is 9.59 Å². The Hall–Kier alpha value is -2.67. The third-order valence-electron chi connectivity index (χ3n) is 3.28. The summed E-state index contributed by atoms with van der Waals surface area (Å²) in [5, 5.41) is 2.64. The standard InChI is InChI=1S/C19H25NO6/c1-5-8-9-26-13(4)17(21)20-16-11-14(18(22)24-6-2)10-15(12-16)19(23)25-7-3/h5,10-13H,1,6-9H2,2-4H3,(H,20,21). The van der Waals surface area contributed by atoms with Crippen molar-refractivity contribution < 1.29 is 28.6 Å². The first-order valence-electron chi connectivity index (χ1n) is 8.45. The smallest absolute Gasteiger partial charge is 0.338 e. The summed E-state index contributed by atoms with van der Waals surface area (Å²) in [7, 11) is 0. The molecule has 0 aliphatic carbocycles. The van der Waals surface area contributed by atoms with E-state index in [1.807, 2.05) is 0 Å². The van der Waals surface area contributed by atoms with E-state index in [-0.39, 0.29) is 30.0 Å². The van der Waals surface area contributed by atoms with Crippen molar-refractivity contribution in [1.29, 1.82) is 0 Å². The van der Waals surface area contributed by atoms with Crippen LogP contribution in [0.5, 0.6) is 0 Å². The minimum atomic E-state index is -0.702. The van der Waals surface area contributed by atoms with Gasteiger partial charge in [0.15, 0.2) is 0 Å². The maximum Gasteiger partial charge on any atom is 0.338 e. The van der Waals surface area contributed by atoms with Crippen molar-refractivity contribution in [3.63, 3.8) is 0 Å². The number of amides is 1. The van der Waals surface area contributed by atoms with Crippen LogP contribution >= 0.6 is 0 Å². The van der Waals surface area contributed by atoms with Gasteiger partial charge in [0.1, 0.15) is 6.10 Å². The Labute approximate surface area is 153 Å². The van der Waals surface area contributed by atoms with Crippen LogP contribution in [0.2, 0.25) is 0 Å². The molecule has 1 aromatic carbocycles. The number of ether oxygens (including phenoxy) is 3. The normalized spacial score (nSPS) is 11.3. The number of carbonyl (C=O) groups excluding carboxylic acids is 3. The molecule has 142 valence electrons. The predicted octanol–water partition coefficient (Wildman–Crippen LogP) is 2.96. The summed E-state index contributed by atoms with van der Waals surface area (Å²) >= 11 is 0. The SMILES string of the molecule is C=CCCOC(C)C(=O)Nc1cc(C(=O)OCC)cc(C(=O)OCC)c1. The molecule has 1 atom stereocenters. The van der Waals surface area contributed by atoms with Gasteiger partial charge in [-0.15, -0.1) is 6.58 Å². The molecular formula is C19H25NO6. The summed E-state index contributed by atoms with van der Waals surface area (Å²) in [4.78, 5) is 36.2. The second kappa shape index (κ2) is 11.0. The highest BCUT2D eigenvalue weighted by molar-refractivity contribution is 6.00. The van der Waals surface area contributed by atoms with Crippen LogP contribution in [0.1, 0.15) is 47.9 Å². The van der Waals surface area contributed by atoms with Crippen LogP contribution in [0.15, 0.2) is 30.9 Å². The summed E-state index contributed by atoms with van der Waals surface area (Å²) < 4.78 is 15.3. The van der Waals surface area contributed by atoms with E-state index in [1.54, 1.807) is 26.8 Å². The lowest BCUT2D eigenvalue weighted by Crippen LogP contribution is -2.28. The monoisotopic (exact) mass is 363 g/mol. The quantitative estimate of drug-likeness (QED) is 0.390. The Morgan fingerprint density at radius 1 is 1.08 bits per heavy atom. The molecule has 0 aliphatic heterocycles. The van der Waals surface area contributed by atoms with Gasteiger partial charge in [-0.05, 0) is 45.4 Å². The maximum atomic E-state index is 12.2. The van der Waals surface area contributed by atoms with E-state index in [0.717, 1.165) is 0 Å². The Balaban J connectivity index is 3.00. The summed E-state index contributed by atoms with van der Waals surface area (Å²) in [5.74, 6) is -1.58. The molecule has 1 unspecified atom stereocenters. The molecule has 0 bridgehead atoms. The van der Waals surface area contributed by atoms with E-state index in [0.29, 0.717) is 13.0 Å². The molecule has 0 aliphatic rings. The van der Waals surface area contributed by atoms with Crippen molar-refractivity contribution in [2.24, 2.45) is 0 Å². The fraction of sp³-hybridized carbons (Fsp3) is 0.421.